The van der Waals surface area contributed by atoms with Gasteiger partial charge in [0.1, 0.15) is 58.0 Å². The number of ketones is 2. The summed E-state index contributed by atoms with van der Waals surface area (Å²) in [7, 11) is 1.53. The van der Waals surface area contributed by atoms with Crippen molar-refractivity contribution < 1.29 is 44.2 Å². The number of rotatable bonds is 5. The number of carbonyl (C=O) groups is 2. The number of carbonyl (C=O) groups excluding carboxylic acids is 2. The molecule has 0 fully saturated rings. The Kier molecular flexibility index (Phi) is 5.99. The van der Waals surface area contributed by atoms with Crippen LogP contribution in [0, 0.1) is 0 Å². The van der Waals surface area contributed by atoms with E-state index in [2.05, 4.69) is 0 Å². The maximum Gasteiger partial charge on any atom is 0.178 e. The fourth-order valence-electron chi connectivity index (χ4n) is 5.31. The molecule has 0 spiro atoms. The molecule has 0 saturated carbocycles. The van der Waals surface area contributed by atoms with Crippen molar-refractivity contribution in [1.29, 1.82) is 0 Å². The summed E-state index contributed by atoms with van der Waals surface area (Å²) in [6.07, 6.45) is -1.63. The second-order valence-electron chi connectivity index (χ2n) is 9.69. The molecule has 0 bridgehead atoms. The van der Waals surface area contributed by atoms with Crippen molar-refractivity contribution in [3.63, 3.8) is 0 Å². The summed E-state index contributed by atoms with van der Waals surface area (Å²) >= 11 is 0. The van der Waals surface area contributed by atoms with Gasteiger partial charge in [0.2, 0.25) is 0 Å². The lowest BCUT2D eigenvalue weighted by Crippen LogP contribution is -2.22. The van der Waals surface area contributed by atoms with Crippen LogP contribution in [0.5, 0.6) is 40.2 Å². The Labute approximate surface area is 228 Å². The second-order valence-corrected chi connectivity index (χ2v) is 9.69. The van der Waals surface area contributed by atoms with Gasteiger partial charge >= 0.3 is 0 Å². The average molecular weight is 541 g/mol. The van der Waals surface area contributed by atoms with Crippen LogP contribution in [0.25, 0.3) is 0 Å². The third-order valence-corrected chi connectivity index (χ3v) is 7.29. The predicted octanol–water partition coefficient (Wildman–Crippen LogP) is 5.32. The molecule has 6 rings (SSSR count). The Balaban J connectivity index is 1.46. The Morgan fingerprint density at radius 1 is 0.825 bits per heavy atom. The maximum atomic E-state index is 13.9. The molecular formula is C31H24O9. The third-order valence-electron chi connectivity index (χ3n) is 7.29. The van der Waals surface area contributed by atoms with E-state index in [4.69, 9.17) is 14.2 Å². The first-order valence-corrected chi connectivity index (χ1v) is 12.5. The standard InChI is InChI=1S/C31H24O9/c1-38-19-9-4-16(5-10-19)31-28(29(36)20-11-8-18(33)12-21(20)34)27-25(40-31)14-24-26(30(27)37)22(35)13-23(39-24)15-2-6-17(32)7-3-15/h2-12,14,23,28,31-34,37H,13H2,1H3/t23?,28-,31-/m1/s1. The van der Waals surface area contributed by atoms with Crippen LogP contribution in [0.3, 0.4) is 0 Å². The molecule has 2 aliphatic heterocycles. The van der Waals surface area contributed by atoms with Gasteiger partial charge < -0.3 is 34.6 Å². The Hall–Kier alpha value is -5.18. The SMILES string of the molecule is COc1ccc([C@H]2Oc3cc4c(c(O)c3[C@@H]2C(=O)c2ccc(O)cc2O)C(=O)CC(c2ccc(O)cc2)O4)cc1. The molecule has 0 radical (unpaired) electrons. The van der Waals surface area contributed by atoms with E-state index >= 15 is 0 Å². The lowest BCUT2D eigenvalue weighted by molar-refractivity contribution is 0.0842. The molecule has 3 atom stereocenters. The molecule has 9 heteroatoms. The minimum atomic E-state index is -1.13. The summed E-state index contributed by atoms with van der Waals surface area (Å²) in [6.45, 7) is 0. The molecular weight excluding hydrogens is 516 g/mol. The zero-order valence-electron chi connectivity index (χ0n) is 21.2. The summed E-state index contributed by atoms with van der Waals surface area (Å²) < 4.78 is 17.6. The number of phenolic OH excluding ortho intramolecular Hbond substituents is 4. The number of aromatic hydroxyl groups is 4. The van der Waals surface area contributed by atoms with E-state index in [0.717, 1.165) is 6.07 Å². The van der Waals surface area contributed by atoms with E-state index in [1.165, 1.54) is 37.4 Å². The van der Waals surface area contributed by atoms with Crippen LogP contribution in [0.4, 0.5) is 0 Å². The molecule has 4 aromatic carbocycles. The van der Waals surface area contributed by atoms with Crippen molar-refractivity contribution in [3.8, 4) is 40.2 Å². The number of phenols is 4. The van der Waals surface area contributed by atoms with E-state index in [-0.39, 0.29) is 51.9 Å². The molecule has 40 heavy (non-hydrogen) atoms. The molecule has 0 saturated heterocycles. The molecule has 4 N–H and O–H groups in total. The Morgan fingerprint density at radius 2 is 1.50 bits per heavy atom. The Morgan fingerprint density at radius 3 is 2.17 bits per heavy atom. The van der Waals surface area contributed by atoms with Crippen LogP contribution in [0.2, 0.25) is 0 Å². The van der Waals surface area contributed by atoms with Gasteiger partial charge in [-0.15, -0.1) is 0 Å². The molecule has 0 aliphatic carbocycles. The first-order chi connectivity index (χ1) is 19.2. The van der Waals surface area contributed by atoms with Gasteiger partial charge in [0.15, 0.2) is 11.6 Å². The number of hydrogen-bond acceptors (Lipinski definition) is 9. The van der Waals surface area contributed by atoms with Crippen molar-refractivity contribution in [2.75, 3.05) is 7.11 Å². The largest absolute Gasteiger partial charge is 0.508 e. The number of fused-ring (bicyclic) bond motifs is 2. The zero-order valence-corrected chi connectivity index (χ0v) is 21.2. The van der Waals surface area contributed by atoms with Gasteiger partial charge in [-0.05, 0) is 47.5 Å². The van der Waals surface area contributed by atoms with Crippen molar-refractivity contribution >= 4 is 11.6 Å². The summed E-state index contributed by atoms with van der Waals surface area (Å²) in [5.41, 5.74) is 1.24. The lowest BCUT2D eigenvalue weighted by atomic mass is 9.82. The number of Topliss-reactive ketones (excluding diaryl/α,β-unsaturated/α-hetero) is 2. The topological polar surface area (TPSA) is 143 Å². The van der Waals surface area contributed by atoms with Crippen molar-refractivity contribution in [2.24, 2.45) is 0 Å². The summed E-state index contributed by atoms with van der Waals surface area (Å²) in [5, 5.41) is 41.3. The van der Waals surface area contributed by atoms with Gasteiger partial charge in [-0.1, -0.05) is 24.3 Å². The molecule has 202 valence electrons. The summed E-state index contributed by atoms with van der Waals surface area (Å²) in [4.78, 5) is 27.2. The Bertz CT molecular complexity index is 1640. The first kappa shape index (κ1) is 25.1. The molecule has 2 aliphatic rings. The highest BCUT2D eigenvalue weighted by Gasteiger charge is 2.46. The van der Waals surface area contributed by atoms with Crippen LogP contribution in [0.15, 0.2) is 72.8 Å². The molecule has 2 heterocycles. The highest BCUT2D eigenvalue weighted by Crippen LogP contribution is 2.56. The number of hydrogen-bond donors (Lipinski definition) is 4. The van der Waals surface area contributed by atoms with E-state index in [9.17, 15) is 30.0 Å². The molecule has 0 amide bonds. The zero-order chi connectivity index (χ0) is 28.1. The van der Waals surface area contributed by atoms with Crippen LogP contribution in [-0.4, -0.2) is 39.1 Å². The number of ether oxygens (including phenoxy) is 3. The quantitative estimate of drug-likeness (QED) is 0.247. The monoisotopic (exact) mass is 540 g/mol. The molecule has 4 aromatic rings. The van der Waals surface area contributed by atoms with Crippen molar-refractivity contribution in [1.82, 2.24) is 0 Å². The fourth-order valence-corrected chi connectivity index (χ4v) is 5.31. The summed E-state index contributed by atoms with van der Waals surface area (Å²) in [5.74, 6) is -2.21. The van der Waals surface area contributed by atoms with Crippen molar-refractivity contribution in [3.05, 3.63) is 101 Å². The average Bonchev–Trinajstić information content (AvgIpc) is 3.32. The molecule has 0 aromatic heterocycles. The lowest BCUT2D eigenvalue weighted by Gasteiger charge is -2.27. The maximum absolute atomic E-state index is 13.9. The first-order valence-electron chi connectivity index (χ1n) is 12.5. The van der Waals surface area contributed by atoms with Crippen LogP contribution < -0.4 is 14.2 Å². The number of benzene rings is 4. The third kappa shape index (κ3) is 4.12. The van der Waals surface area contributed by atoms with Crippen LogP contribution in [-0.2, 0) is 0 Å². The summed E-state index contributed by atoms with van der Waals surface area (Å²) in [6, 6.07) is 18.3. The van der Waals surface area contributed by atoms with E-state index in [0.29, 0.717) is 16.9 Å². The highest BCUT2D eigenvalue weighted by atomic mass is 16.5. The van der Waals surface area contributed by atoms with Gasteiger partial charge in [0.05, 0.1) is 30.6 Å². The van der Waals surface area contributed by atoms with Gasteiger partial charge in [0, 0.05) is 12.1 Å². The highest BCUT2D eigenvalue weighted by molar-refractivity contribution is 6.07. The van der Waals surface area contributed by atoms with E-state index in [1.54, 1.807) is 36.4 Å². The van der Waals surface area contributed by atoms with Crippen LogP contribution >= 0.6 is 0 Å². The van der Waals surface area contributed by atoms with Gasteiger partial charge in [-0.3, -0.25) is 9.59 Å². The van der Waals surface area contributed by atoms with Gasteiger partial charge in [-0.25, -0.2) is 0 Å². The number of methoxy groups -OCH3 is 1. The smallest absolute Gasteiger partial charge is 0.178 e. The van der Waals surface area contributed by atoms with Crippen LogP contribution in [0.1, 0.15) is 62.0 Å². The van der Waals surface area contributed by atoms with Gasteiger partial charge in [-0.2, -0.15) is 0 Å². The van der Waals surface area contributed by atoms with E-state index < -0.39 is 35.4 Å². The predicted molar refractivity (Wildman–Crippen MR) is 142 cm³/mol. The normalized spacial score (nSPS) is 19.2. The molecule has 1 unspecified atom stereocenters. The van der Waals surface area contributed by atoms with Crippen molar-refractivity contribution in [2.45, 2.75) is 24.5 Å². The molecule has 9 nitrogen and oxygen atoms in total. The van der Waals surface area contributed by atoms with Gasteiger partial charge in [0.25, 0.3) is 0 Å². The minimum Gasteiger partial charge on any atom is -0.508 e. The fraction of sp³-hybridized carbons (Fsp3) is 0.161. The minimum absolute atomic E-state index is 0.0551. The second kappa shape index (κ2) is 9.53. The van der Waals surface area contributed by atoms with E-state index in [1.807, 2.05) is 0 Å².